The smallest absolute Gasteiger partial charge is 0.141 e. The largest absolute Gasteiger partial charge is 0.338 e. The molecule has 2 aromatic heterocycles. The first-order chi connectivity index (χ1) is 7.88. The third kappa shape index (κ3) is 1.30. The van der Waals surface area contributed by atoms with Crippen LogP contribution in [0, 0.1) is 0 Å². The Bertz CT molecular complexity index is 608. The summed E-state index contributed by atoms with van der Waals surface area (Å²) in [5.74, 6) is 0.810. The fourth-order valence-electron chi connectivity index (χ4n) is 1.77. The van der Waals surface area contributed by atoms with E-state index in [1.165, 1.54) is 0 Å². The first-order valence-corrected chi connectivity index (χ1v) is 5.05. The van der Waals surface area contributed by atoms with Gasteiger partial charge < -0.3 is 10.7 Å². The van der Waals surface area contributed by atoms with Gasteiger partial charge in [0.05, 0.1) is 22.8 Å². The van der Waals surface area contributed by atoms with Crippen molar-refractivity contribution in [1.29, 1.82) is 0 Å². The molecule has 3 rings (SSSR count). The fraction of sp³-hybridized carbons (Fsp3) is 0.0909. The van der Waals surface area contributed by atoms with Crippen molar-refractivity contribution in [3.8, 4) is 11.4 Å². The van der Waals surface area contributed by atoms with Gasteiger partial charge in [0.25, 0.3) is 0 Å². The molecule has 0 fully saturated rings. The second kappa shape index (κ2) is 3.46. The molecule has 0 radical (unpaired) electrons. The summed E-state index contributed by atoms with van der Waals surface area (Å²) >= 11 is 0. The van der Waals surface area contributed by atoms with Gasteiger partial charge >= 0.3 is 0 Å². The van der Waals surface area contributed by atoms with Gasteiger partial charge in [-0.3, -0.25) is 5.10 Å². The fourth-order valence-corrected chi connectivity index (χ4v) is 1.77. The van der Waals surface area contributed by atoms with Gasteiger partial charge in [0.1, 0.15) is 5.82 Å². The SMILES string of the molecule is NCc1cccc2[nH]c(-c3cn[nH]c3)nc12. The van der Waals surface area contributed by atoms with Crippen molar-refractivity contribution in [3.63, 3.8) is 0 Å². The molecule has 0 atom stereocenters. The number of aromatic nitrogens is 4. The second-order valence-corrected chi connectivity index (χ2v) is 3.59. The molecule has 80 valence electrons. The van der Waals surface area contributed by atoms with Crippen LogP contribution in [0.25, 0.3) is 22.4 Å². The number of benzene rings is 1. The highest BCUT2D eigenvalue weighted by Gasteiger charge is 2.08. The number of H-pyrrole nitrogens is 2. The van der Waals surface area contributed by atoms with Crippen LogP contribution >= 0.6 is 0 Å². The van der Waals surface area contributed by atoms with E-state index in [2.05, 4.69) is 20.2 Å². The van der Waals surface area contributed by atoms with E-state index in [1.807, 2.05) is 18.2 Å². The number of rotatable bonds is 2. The maximum atomic E-state index is 5.67. The van der Waals surface area contributed by atoms with E-state index < -0.39 is 0 Å². The van der Waals surface area contributed by atoms with Crippen molar-refractivity contribution in [2.45, 2.75) is 6.54 Å². The molecule has 1 aromatic carbocycles. The van der Waals surface area contributed by atoms with Gasteiger partial charge in [-0.2, -0.15) is 5.10 Å². The van der Waals surface area contributed by atoms with Crippen LogP contribution in [0.15, 0.2) is 30.6 Å². The molecule has 3 aromatic rings. The maximum absolute atomic E-state index is 5.67. The predicted molar refractivity (Wildman–Crippen MR) is 61.6 cm³/mol. The lowest BCUT2D eigenvalue weighted by atomic mass is 10.2. The van der Waals surface area contributed by atoms with Crippen LogP contribution in [-0.4, -0.2) is 20.2 Å². The molecular formula is C11H11N5. The van der Waals surface area contributed by atoms with Gasteiger partial charge in [0.15, 0.2) is 0 Å². The van der Waals surface area contributed by atoms with Crippen LogP contribution < -0.4 is 5.73 Å². The van der Waals surface area contributed by atoms with E-state index in [1.54, 1.807) is 12.4 Å². The number of imidazole rings is 1. The zero-order chi connectivity index (χ0) is 11.0. The highest BCUT2D eigenvalue weighted by Crippen LogP contribution is 2.21. The molecule has 0 amide bonds. The van der Waals surface area contributed by atoms with E-state index in [0.29, 0.717) is 6.54 Å². The summed E-state index contributed by atoms with van der Waals surface area (Å²) < 4.78 is 0. The second-order valence-electron chi connectivity index (χ2n) is 3.59. The molecule has 0 aliphatic heterocycles. The standard InChI is InChI=1S/C11H11N5/c12-4-7-2-1-3-9-10(7)16-11(15-9)8-5-13-14-6-8/h1-3,5-6H,4,12H2,(H,13,14)(H,15,16). The molecule has 0 spiro atoms. The van der Waals surface area contributed by atoms with E-state index in [9.17, 15) is 0 Å². The number of nitrogens with one attached hydrogen (secondary N) is 2. The molecule has 0 aliphatic carbocycles. The zero-order valence-corrected chi connectivity index (χ0v) is 8.57. The third-order valence-electron chi connectivity index (χ3n) is 2.59. The highest BCUT2D eigenvalue weighted by molar-refractivity contribution is 5.82. The van der Waals surface area contributed by atoms with E-state index in [-0.39, 0.29) is 0 Å². The number of hydrogen-bond acceptors (Lipinski definition) is 3. The molecular weight excluding hydrogens is 202 g/mol. The van der Waals surface area contributed by atoms with Crippen molar-refractivity contribution in [2.24, 2.45) is 5.73 Å². The molecule has 2 heterocycles. The molecule has 5 nitrogen and oxygen atoms in total. The van der Waals surface area contributed by atoms with Crippen molar-refractivity contribution < 1.29 is 0 Å². The average Bonchev–Trinajstić information content (AvgIpc) is 2.96. The van der Waals surface area contributed by atoms with Gasteiger partial charge in [0.2, 0.25) is 0 Å². The Kier molecular flexibility index (Phi) is 1.97. The van der Waals surface area contributed by atoms with Crippen LogP contribution in [0.1, 0.15) is 5.56 Å². The van der Waals surface area contributed by atoms with Gasteiger partial charge in [-0.15, -0.1) is 0 Å². The Hall–Kier alpha value is -2.14. The molecule has 0 saturated carbocycles. The summed E-state index contributed by atoms with van der Waals surface area (Å²) in [6, 6.07) is 5.95. The number of nitrogens with two attached hydrogens (primary N) is 1. The predicted octanol–water partition coefficient (Wildman–Crippen LogP) is 1.41. The lowest BCUT2D eigenvalue weighted by Crippen LogP contribution is -1.96. The number of para-hydroxylation sites is 1. The van der Waals surface area contributed by atoms with Crippen molar-refractivity contribution >= 4 is 11.0 Å². The minimum atomic E-state index is 0.493. The molecule has 4 N–H and O–H groups in total. The molecule has 0 saturated heterocycles. The summed E-state index contributed by atoms with van der Waals surface area (Å²) in [7, 11) is 0. The van der Waals surface area contributed by atoms with E-state index >= 15 is 0 Å². The van der Waals surface area contributed by atoms with Crippen LogP contribution in [-0.2, 0) is 6.54 Å². The van der Waals surface area contributed by atoms with Crippen LogP contribution in [0.3, 0.4) is 0 Å². The quantitative estimate of drug-likeness (QED) is 0.601. The molecule has 16 heavy (non-hydrogen) atoms. The molecule has 0 bridgehead atoms. The zero-order valence-electron chi connectivity index (χ0n) is 8.57. The Labute approximate surface area is 91.7 Å². The van der Waals surface area contributed by atoms with E-state index in [0.717, 1.165) is 28.0 Å². The molecule has 0 unspecified atom stereocenters. The van der Waals surface area contributed by atoms with Crippen LogP contribution in [0.5, 0.6) is 0 Å². The number of hydrogen-bond donors (Lipinski definition) is 3. The minimum Gasteiger partial charge on any atom is -0.338 e. The Morgan fingerprint density at radius 2 is 2.25 bits per heavy atom. The first kappa shape index (κ1) is 9.11. The Morgan fingerprint density at radius 3 is 3.00 bits per heavy atom. The normalized spacial score (nSPS) is 11.1. The third-order valence-corrected chi connectivity index (χ3v) is 2.59. The summed E-state index contributed by atoms with van der Waals surface area (Å²) in [5.41, 5.74) is 9.59. The lowest BCUT2D eigenvalue weighted by Gasteiger charge is -1.95. The summed E-state index contributed by atoms with van der Waals surface area (Å²) in [6.07, 6.45) is 3.54. The molecule has 5 heteroatoms. The topological polar surface area (TPSA) is 83.4 Å². The van der Waals surface area contributed by atoms with Gasteiger partial charge in [0, 0.05) is 12.7 Å². The Balaban J connectivity index is 2.23. The number of aromatic amines is 2. The van der Waals surface area contributed by atoms with Crippen molar-refractivity contribution in [1.82, 2.24) is 20.2 Å². The lowest BCUT2D eigenvalue weighted by molar-refractivity contribution is 1.08. The van der Waals surface area contributed by atoms with Crippen molar-refractivity contribution in [2.75, 3.05) is 0 Å². The minimum absolute atomic E-state index is 0.493. The molecule has 0 aliphatic rings. The van der Waals surface area contributed by atoms with Crippen LogP contribution in [0.4, 0.5) is 0 Å². The average molecular weight is 213 g/mol. The van der Waals surface area contributed by atoms with E-state index in [4.69, 9.17) is 5.73 Å². The Morgan fingerprint density at radius 1 is 1.31 bits per heavy atom. The van der Waals surface area contributed by atoms with Gasteiger partial charge in [-0.1, -0.05) is 12.1 Å². The van der Waals surface area contributed by atoms with Gasteiger partial charge in [-0.05, 0) is 11.6 Å². The summed E-state index contributed by atoms with van der Waals surface area (Å²) in [5, 5.41) is 6.67. The highest BCUT2D eigenvalue weighted by atomic mass is 15.1. The van der Waals surface area contributed by atoms with Gasteiger partial charge in [-0.25, -0.2) is 4.98 Å². The summed E-state index contributed by atoms with van der Waals surface area (Å²) in [6.45, 7) is 0.493. The summed E-state index contributed by atoms with van der Waals surface area (Å²) in [4.78, 5) is 7.78. The number of fused-ring (bicyclic) bond motifs is 1. The maximum Gasteiger partial charge on any atom is 0.141 e. The number of nitrogens with zero attached hydrogens (tertiary/aromatic N) is 2. The monoisotopic (exact) mass is 213 g/mol. The van der Waals surface area contributed by atoms with Crippen LogP contribution in [0.2, 0.25) is 0 Å². The van der Waals surface area contributed by atoms with Crippen molar-refractivity contribution in [3.05, 3.63) is 36.2 Å². The first-order valence-electron chi connectivity index (χ1n) is 5.05.